The standard InChI is InChI=1S/C16H12Cl2N2O/c1-8-3-5-10(17)7-12(8)19-15-13-11(18)6-4-9(2)14(13)20-16(15)21/h3-7H,1-2H3,(H,19,20,21). The first-order valence-corrected chi connectivity index (χ1v) is 7.18. The van der Waals surface area contributed by atoms with Crippen LogP contribution in [-0.4, -0.2) is 11.6 Å². The van der Waals surface area contributed by atoms with Gasteiger partial charge in [-0.3, -0.25) is 4.79 Å². The number of fused-ring (bicyclic) bond motifs is 1. The lowest BCUT2D eigenvalue weighted by molar-refractivity contribution is -0.110. The molecule has 1 aliphatic heterocycles. The average Bonchev–Trinajstić information content (AvgIpc) is 2.77. The summed E-state index contributed by atoms with van der Waals surface area (Å²) in [5, 5.41) is 3.91. The lowest BCUT2D eigenvalue weighted by Gasteiger charge is -2.05. The molecule has 106 valence electrons. The Hall–Kier alpha value is -1.84. The van der Waals surface area contributed by atoms with Crippen LogP contribution in [0.15, 0.2) is 35.3 Å². The van der Waals surface area contributed by atoms with E-state index in [1.54, 1.807) is 18.2 Å². The molecule has 0 aliphatic carbocycles. The fourth-order valence-electron chi connectivity index (χ4n) is 2.29. The number of hydrogen-bond acceptors (Lipinski definition) is 2. The van der Waals surface area contributed by atoms with E-state index >= 15 is 0 Å². The second-order valence-corrected chi connectivity index (χ2v) is 5.80. The van der Waals surface area contributed by atoms with Gasteiger partial charge in [-0.15, -0.1) is 0 Å². The molecule has 0 saturated carbocycles. The quantitative estimate of drug-likeness (QED) is 0.814. The van der Waals surface area contributed by atoms with Gasteiger partial charge in [-0.2, -0.15) is 0 Å². The second kappa shape index (κ2) is 5.17. The Bertz CT molecular complexity index is 797. The van der Waals surface area contributed by atoms with E-state index in [1.165, 1.54) is 0 Å². The highest BCUT2D eigenvalue weighted by Crippen LogP contribution is 2.35. The van der Waals surface area contributed by atoms with Crippen molar-refractivity contribution in [3.63, 3.8) is 0 Å². The smallest absolute Gasteiger partial charge is 0.275 e. The van der Waals surface area contributed by atoms with Crippen LogP contribution >= 0.6 is 23.2 Å². The van der Waals surface area contributed by atoms with E-state index in [2.05, 4.69) is 10.3 Å². The van der Waals surface area contributed by atoms with Crippen LogP contribution in [-0.2, 0) is 4.79 Å². The molecule has 0 aromatic heterocycles. The Morgan fingerprint density at radius 1 is 1.05 bits per heavy atom. The van der Waals surface area contributed by atoms with Gasteiger partial charge in [0.05, 0.1) is 16.4 Å². The monoisotopic (exact) mass is 318 g/mol. The molecule has 0 fully saturated rings. The van der Waals surface area contributed by atoms with Crippen LogP contribution in [0, 0.1) is 13.8 Å². The summed E-state index contributed by atoms with van der Waals surface area (Å²) in [4.78, 5) is 16.7. The van der Waals surface area contributed by atoms with Crippen molar-refractivity contribution in [1.82, 2.24) is 0 Å². The molecule has 2 aromatic rings. The maximum absolute atomic E-state index is 12.2. The molecule has 0 atom stereocenters. The zero-order valence-electron chi connectivity index (χ0n) is 11.5. The number of halogens is 2. The third-order valence-corrected chi connectivity index (χ3v) is 4.01. The summed E-state index contributed by atoms with van der Waals surface area (Å²) >= 11 is 12.2. The van der Waals surface area contributed by atoms with Gasteiger partial charge >= 0.3 is 0 Å². The van der Waals surface area contributed by atoms with E-state index in [1.807, 2.05) is 26.0 Å². The van der Waals surface area contributed by atoms with Crippen molar-refractivity contribution >= 4 is 46.2 Å². The number of aryl methyl sites for hydroxylation is 2. The fraction of sp³-hybridized carbons (Fsp3) is 0.125. The Morgan fingerprint density at radius 3 is 2.52 bits per heavy atom. The van der Waals surface area contributed by atoms with Gasteiger partial charge in [-0.25, -0.2) is 4.99 Å². The summed E-state index contributed by atoms with van der Waals surface area (Å²) in [5.41, 5.74) is 4.27. The van der Waals surface area contributed by atoms with E-state index in [0.29, 0.717) is 27.0 Å². The van der Waals surface area contributed by atoms with E-state index in [9.17, 15) is 4.79 Å². The number of hydrogen-bond donors (Lipinski definition) is 1. The molecule has 1 N–H and O–H groups in total. The summed E-state index contributed by atoms with van der Waals surface area (Å²) in [6.45, 7) is 3.84. The maximum Gasteiger partial charge on any atom is 0.275 e. The van der Waals surface area contributed by atoms with Crippen LogP contribution in [0.25, 0.3) is 0 Å². The summed E-state index contributed by atoms with van der Waals surface area (Å²) in [5.74, 6) is -0.249. The number of benzene rings is 2. The molecule has 2 aromatic carbocycles. The van der Waals surface area contributed by atoms with Crippen LogP contribution < -0.4 is 5.32 Å². The molecule has 0 spiro atoms. The highest BCUT2D eigenvalue weighted by Gasteiger charge is 2.29. The molecule has 21 heavy (non-hydrogen) atoms. The Kier molecular flexibility index (Phi) is 3.47. The number of rotatable bonds is 1. The molecule has 0 radical (unpaired) electrons. The molecule has 1 aliphatic rings. The molecule has 0 bridgehead atoms. The lowest BCUT2D eigenvalue weighted by atomic mass is 10.1. The molecular weight excluding hydrogens is 307 g/mol. The zero-order valence-corrected chi connectivity index (χ0v) is 13.0. The molecule has 3 nitrogen and oxygen atoms in total. The number of nitrogens with one attached hydrogen (secondary N) is 1. The van der Waals surface area contributed by atoms with Crippen LogP contribution in [0.1, 0.15) is 16.7 Å². The fourth-order valence-corrected chi connectivity index (χ4v) is 2.70. The zero-order chi connectivity index (χ0) is 15.1. The van der Waals surface area contributed by atoms with Crippen molar-refractivity contribution < 1.29 is 4.79 Å². The molecule has 3 rings (SSSR count). The maximum atomic E-state index is 12.2. The number of carbonyl (C=O) groups is 1. The number of carbonyl (C=O) groups excluding carboxylic acids is 1. The SMILES string of the molecule is Cc1ccc(Cl)cc1N=C1C(=O)Nc2c(C)ccc(Cl)c21. The first-order chi connectivity index (χ1) is 9.97. The molecule has 5 heteroatoms. The summed E-state index contributed by atoms with van der Waals surface area (Å²) in [7, 11) is 0. The van der Waals surface area contributed by atoms with Crippen molar-refractivity contribution in [1.29, 1.82) is 0 Å². The topological polar surface area (TPSA) is 41.5 Å². The second-order valence-electron chi connectivity index (χ2n) is 4.96. The van der Waals surface area contributed by atoms with Gasteiger partial charge in [0, 0.05) is 10.6 Å². The molecule has 1 heterocycles. The van der Waals surface area contributed by atoms with Crippen LogP contribution in [0.5, 0.6) is 0 Å². The first kappa shape index (κ1) is 14.1. The van der Waals surface area contributed by atoms with Crippen LogP contribution in [0.3, 0.4) is 0 Å². The predicted octanol–water partition coefficient (Wildman–Crippen LogP) is 4.68. The molecule has 1 amide bonds. The number of aliphatic imine (C=N–C) groups is 1. The number of anilines is 1. The highest BCUT2D eigenvalue weighted by atomic mass is 35.5. The van der Waals surface area contributed by atoms with Crippen molar-refractivity contribution in [2.24, 2.45) is 4.99 Å². The minimum atomic E-state index is -0.249. The lowest BCUT2D eigenvalue weighted by Crippen LogP contribution is -2.14. The summed E-state index contributed by atoms with van der Waals surface area (Å²) < 4.78 is 0. The number of nitrogens with zero attached hydrogens (tertiary/aromatic N) is 1. The van der Waals surface area contributed by atoms with Gasteiger partial charge in [-0.05, 0) is 43.2 Å². The third kappa shape index (κ3) is 2.43. The van der Waals surface area contributed by atoms with Crippen molar-refractivity contribution in [2.75, 3.05) is 5.32 Å². The molecule has 0 unspecified atom stereocenters. The van der Waals surface area contributed by atoms with E-state index < -0.39 is 0 Å². The highest BCUT2D eigenvalue weighted by molar-refractivity contribution is 6.57. The van der Waals surface area contributed by atoms with Gasteiger partial charge in [0.1, 0.15) is 5.71 Å². The Morgan fingerprint density at radius 2 is 1.76 bits per heavy atom. The predicted molar refractivity (Wildman–Crippen MR) is 87.2 cm³/mol. The van der Waals surface area contributed by atoms with Crippen molar-refractivity contribution in [2.45, 2.75) is 13.8 Å². The molecular formula is C16H12Cl2N2O. The van der Waals surface area contributed by atoms with E-state index in [0.717, 1.165) is 16.8 Å². The van der Waals surface area contributed by atoms with Gasteiger partial charge in [0.25, 0.3) is 5.91 Å². The normalized spacial score (nSPS) is 15.2. The van der Waals surface area contributed by atoms with Gasteiger partial charge in [0.15, 0.2) is 0 Å². The average molecular weight is 319 g/mol. The van der Waals surface area contributed by atoms with Crippen molar-refractivity contribution in [3.8, 4) is 0 Å². The molecule has 0 saturated heterocycles. The van der Waals surface area contributed by atoms with Crippen LogP contribution in [0.4, 0.5) is 11.4 Å². The summed E-state index contributed by atoms with van der Waals surface area (Å²) in [6, 6.07) is 9.04. The van der Waals surface area contributed by atoms with Crippen molar-refractivity contribution in [3.05, 3.63) is 57.1 Å². The van der Waals surface area contributed by atoms with Crippen LogP contribution in [0.2, 0.25) is 10.0 Å². The number of amides is 1. The van der Waals surface area contributed by atoms with Gasteiger partial charge in [-0.1, -0.05) is 35.3 Å². The minimum absolute atomic E-state index is 0.249. The largest absolute Gasteiger partial charge is 0.320 e. The van der Waals surface area contributed by atoms with Gasteiger partial charge in [0.2, 0.25) is 0 Å². The summed E-state index contributed by atoms with van der Waals surface area (Å²) in [6.07, 6.45) is 0. The van der Waals surface area contributed by atoms with Gasteiger partial charge < -0.3 is 5.32 Å². The van der Waals surface area contributed by atoms with E-state index in [-0.39, 0.29) is 5.91 Å². The third-order valence-electron chi connectivity index (χ3n) is 3.46. The first-order valence-electron chi connectivity index (χ1n) is 6.43. The minimum Gasteiger partial charge on any atom is -0.320 e. The van der Waals surface area contributed by atoms with E-state index in [4.69, 9.17) is 23.2 Å². The Balaban J connectivity index is 2.21. The Labute approximate surface area is 132 Å².